The summed E-state index contributed by atoms with van der Waals surface area (Å²) in [5.74, 6) is 0.876. The molecule has 2 atom stereocenters. The number of hydrogen-bond acceptors (Lipinski definition) is 3. The number of piperazine rings is 1. The maximum atomic E-state index is 4.48. The molecule has 0 radical (unpaired) electrons. The molecule has 1 aromatic heterocycles. The first-order valence-corrected chi connectivity index (χ1v) is 7.07. The van der Waals surface area contributed by atoms with Crippen molar-refractivity contribution in [3.05, 3.63) is 30.1 Å². The van der Waals surface area contributed by atoms with Gasteiger partial charge in [0.25, 0.3) is 0 Å². The van der Waals surface area contributed by atoms with Gasteiger partial charge in [0.05, 0.1) is 5.69 Å². The maximum Gasteiger partial charge on any atom is 0.0544 e. The van der Waals surface area contributed by atoms with Crippen molar-refractivity contribution in [2.24, 2.45) is 5.92 Å². The summed E-state index contributed by atoms with van der Waals surface area (Å²) in [7, 11) is 0. The zero-order chi connectivity index (χ0) is 12.6. The molecule has 2 unspecified atom stereocenters. The molecular formula is C15H23N3. The number of pyridine rings is 1. The molecule has 18 heavy (non-hydrogen) atoms. The molecule has 1 aromatic rings. The van der Waals surface area contributed by atoms with Crippen LogP contribution in [-0.2, 0) is 6.54 Å². The van der Waals surface area contributed by atoms with Crippen molar-refractivity contribution in [2.45, 2.75) is 44.8 Å². The SMILES string of the molecule is CC1CN(Cc2ccccn2)C(C)(C2CC2)CN1. The summed E-state index contributed by atoms with van der Waals surface area (Å²) in [5, 5.41) is 3.65. The van der Waals surface area contributed by atoms with Crippen LogP contribution in [0.15, 0.2) is 24.4 Å². The molecule has 1 aliphatic carbocycles. The Morgan fingerprint density at radius 3 is 2.94 bits per heavy atom. The van der Waals surface area contributed by atoms with Gasteiger partial charge in [0.1, 0.15) is 0 Å². The highest BCUT2D eigenvalue weighted by molar-refractivity contribution is 5.09. The Labute approximate surface area is 110 Å². The van der Waals surface area contributed by atoms with Gasteiger partial charge in [-0.2, -0.15) is 0 Å². The Bertz CT molecular complexity index is 401. The van der Waals surface area contributed by atoms with Gasteiger partial charge in [-0.15, -0.1) is 0 Å². The molecule has 98 valence electrons. The highest BCUT2D eigenvalue weighted by Gasteiger charge is 2.47. The van der Waals surface area contributed by atoms with Crippen molar-refractivity contribution in [1.29, 1.82) is 0 Å². The fourth-order valence-electron chi connectivity index (χ4n) is 3.14. The third-order valence-corrected chi connectivity index (χ3v) is 4.56. The molecule has 1 saturated heterocycles. The van der Waals surface area contributed by atoms with Crippen molar-refractivity contribution >= 4 is 0 Å². The fourth-order valence-corrected chi connectivity index (χ4v) is 3.14. The smallest absolute Gasteiger partial charge is 0.0544 e. The third kappa shape index (κ3) is 2.29. The second-order valence-electron chi connectivity index (χ2n) is 6.11. The van der Waals surface area contributed by atoms with E-state index in [4.69, 9.17) is 0 Å². The van der Waals surface area contributed by atoms with Crippen LogP contribution in [0.25, 0.3) is 0 Å². The number of hydrogen-bond donors (Lipinski definition) is 1. The van der Waals surface area contributed by atoms with Crippen LogP contribution in [0.3, 0.4) is 0 Å². The van der Waals surface area contributed by atoms with E-state index in [0.717, 1.165) is 25.6 Å². The molecule has 3 nitrogen and oxygen atoms in total. The number of nitrogens with one attached hydrogen (secondary N) is 1. The second kappa shape index (κ2) is 4.63. The number of aromatic nitrogens is 1. The van der Waals surface area contributed by atoms with E-state index in [2.05, 4.69) is 41.2 Å². The van der Waals surface area contributed by atoms with Gasteiger partial charge < -0.3 is 5.32 Å². The third-order valence-electron chi connectivity index (χ3n) is 4.56. The van der Waals surface area contributed by atoms with Crippen molar-refractivity contribution in [3.63, 3.8) is 0 Å². The van der Waals surface area contributed by atoms with Crippen LogP contribution in [0, 0.1) is 5.92 Å². The quantitative estimate of drug-likeness (QED) is 0.883. The van der Waals surface area contributed by atoms with Gasteiger partial charge in [0.2, 0.25) is 0 Å². The lowest BCUT2D eigenvalue weighted by atomic mass is 9.89. The molecule has 3 heteroatoms. The Balaban J connectivity index is 1.77. The van der Waals surface area contributed by atoms with E-state index < -0.39 is 0 Å². The standard InChI is InChI=1S/C15H23N3/c1-12-9-18(10-14-5-3-4-8-16-14)15(2,11-17-12)13-6-7-13/h3-5,8,12-13,17H,6-7,9-11H2,1-2H3. The average molecular weight is 245 g/mol. The first-order chi connectivity index (χ1) is 8.68. The minimum Gasteiger partial charge on any atom is -0.311 e. The van der Waals surface area contributed by atoms with Crippen LogP contribution in [0.4, 0.5) is 0 Å². The molecule has 2 fully saturated rings. The number of rotatable bonds is 3. The largest absolute Gasteiger partial charge is 0.311 e. The average Bonchev–Trinajstić information content (AvgIpc) is 3.20. The Kier molecular flexibility index (Phi) is 3.12. The lowest BCUT2D eigenvalue weighted by Gasteiger charge is -2.48. The first kappa shape index (κ1) is 12.1. The fraction of sp³-hybridized carbons (Fsp3) is 0.667. The van der Waals surface area contributed by atoms with Gasteiger partial charge in [0.15, 0.2) is 0 Å². The van der Waals surface area contributed by atoms with Crippen LogP contribution >= 0.6 is 0 Å². The molecule has 1 N–H and O–H groups in total. The summed E-state index contributed by atoms with van der Waals surface area (Å²) in [6.07, 6.45) is 4.69. The van der Waals surface area contributed by atoms with E-state index in [1.54, 1.807) is 0 Å². The summed E-state index contributed by atoms with van der Waals surface area (Å²) >= 11 is 0. The van der Waals surface area contributed by atoms with Gasteiger partial charge in [-0.25, -0.2) is 0 Å². The number of nitrogens with zero attached hydrogens (tertiary/aromatic N) is 2. The van der Waals surface area contributed by atoms with Gasteiger partial charge in [-0.1, -0.05) is 6.07 Å². The summed E-state index contributed by atoms with van der Waals surface area (Å²) in [6, 6.07) is 6.80. The predicted molar refractivity (Wildman–Crippen MR) is 73.2 cm³/mol. The van der Waals surface area contributed by atoms with E-state index in [0.29, 0.717) is 11.6 Å². The molecule has 1 aliphatic heterocycles. The van der Waals surface area contributed by atoms with Gasteiger partial charge >= 0.3 is 0 Å². The van der Waals surface area contributed by atoms with E-state index >= 15 is 0 Å². The summed E-state index contributed by atoms with van der Waals surface area (Å²) in [4.78, 5) is 7.13. The van der Waals surface area contributed by atoms with E-state index in [-0.39, 0.29) is 0 Å². The monoisotopic (exact) mass is 245 g/mol. The highest BCUT2D eigenvalue weighted by atomic mass is 15.3. The second-order valence-corrected chi connectivity index (χ2v) is 6.11. The van der Waals surface area contributed by atoms with Crippen LogP contribution in [0.2, 0.25) is 0 Å². The van der Waals surface area contributed by atoms with E-state index in [9.17, 15) is 0 Å². The highest BCUT2D eigenvalue weighted by Crippen LogP contribution is 2.44. The molecule has 2 heterocycles. The molecule has 0 amide bonds. The normalized spacial score (nSPS) is 33.6. The van der Waals surface area contributed by atoms with Gasteiger partial charge in [-0.05, 0) is 44.7 Å². The predicted octanol–water partition coefficient (Wildman–Crippen LogP) is 2.04. The molecule has 1 saturated carbocycles. The van der Waals surface area contributed by atoms with Crippen molar-refractivity contribution in [3.8, 4) is 0 Å². The van der Waals surface area contributed by atoms with Crippen LogP contribution in [-0.4, -0.2) is 34.6 Å². The lowest BCUT2D eigenvalue weighted by Crippen LogP contribution is -2.63. The first-order valence-electron chi connectivity index (χ1n) is 7.07. The van der Waals surface area contributed by atoms with Crippen LogP contribution in [0.1, 0.15) is 32.4 Å². The van der Waals surface area contributed by atoms with Crippen molar-refractivity contribution < 1.29 is 0 Å². The molecule has 0 spiro atoms. The zero-order valence-electron chi connectivity index (χ0n) is 11.4. The maximum absolute atomic E-state index is 4.48. The van der Waals surface area contributed by atoms with Gasteiger partial charge in [-0.3, -0.25) is 9.88 Å². The van der Waals surface area contributed by atoms with E-state index in [1.807, 2.05) is 12.3 Å². The zero-order valence-corrected chi connectivity index (χ0v) is 11.4. The van der Waals surface area contributed by atoms with Crippen LogP contribution in [0.5, 0.6) is 0 Å². The lowest BCUT2D eigenvalue weighted by molar-refractivity contribution is 0.0302. The topological polar surface area (TPSA) is 28.2 Å². The summed E-state index contributed by atoms with van der Waals surface area (Å²) < 4.78 is 0. The summed E-state index contributed by atoms with van der Waals surface area (Å²) in [5.41, 5.74) is 1.52. The minimum atomic E-state index is 0.323. The molecular weight excluding hydrogens is 222 g/mol. The van der Waals surface area contributed by atoms with Gasteiger partial charge in [0, 0.05) is 37.4 Å². The van der Waals surface area contributed by atoms with E-state index in [1.165, 1.54) is 18.5 Å². The Hall–Kier alpha value is -0.930. The summed E-state index contributed by atoms with van der Waals surface area (Å²) in [6.45, 7) is 7.93. The van der Waals surface area contributed by atoms with Crippen molar-refractivity contribution in [1.82, 2.24) is 15.2 Å². The Morgan fingerprint density at radius 1 is 1.44 bits per heavy atom. The molecule has 2 aliphatic rings. The van der Waals surface area contributed by atoms with Crippen LogP contribution < -0.4 is 5.32 Å². The molecule has 3 rings (SSSR count). The molecule has 0 bridgehead atoms. The Morgan fingerprint density at radius 2 is 2.28 bits per heavy atom. The molecule has 0 aromatic carbocycles. The minimum absolute atomic E-state index is 0.323. The van der Waals surface area contributed by atoms with Crippen molar-refractivity contribution in [2.75, 3.05) is 13.1 Å².